The molecule has 1 aliphatic rings. The standard InChI is InChI=1S/C27H38N2O3/c1-2-3-4-5-6-7-11-16-26(30)29(24-17-18-24)22-27(31)28(21-25-15-12-19-32-25)20-23-13-9-8-10-14-23/h8-10,12-15,19,24H,2-7,11,16-18,20-22H2,1H3. The first kappa shape index (κ1) is 24.1. The minimum atomic E-state index is -0.0231. The van der Waals surface area contributed by atoms with Crippen LogP contribution in [0.2, 0.25) is 0 Å². The normalized spacial score (nSPS) is 13.2. The molecule has 3 rings (SSSR count). The van der Waals surface area contributed by atoms with Crippen LogP contribution in [0.1, 0.15) is 82.5 Å². The van der Waals surface area contributed by atoms with E-state index in [-0.39, 0.29) is 24.4 Å². The third-order valence-electron chi connectivity index (χ3n) is 6.10. The van der Waals surface area contributed by atoms with Crippen molar-refractivity contribution in [3.8, 4) is 0 Å². The summed E-state index contributed by atoms with van der Waals surface area (Å²) in [5, 5.41) is 0. The highest BCUT2D eigenvalue weighted by Gasteiger charge is 2.34. The van der Waals surface area contributed by atoms with Gasteiger partial charge in [-0.3, -0.25) is 9.59 Å². The van der Waals surface area contributed by atoms with Gasteiger partial charge in [-0.05, 0) is 37.0 Å². The van der Waals surface area contributed by atoms with Crippen LogP contribution in [0.25, 0.3) is 0 Å². The molecule has 174 valence electrons. The fourth-order valence-electron chi connectivity index (χ4n) is 4.06. The molecule has 1 saturated carbocycles. The van der Waals surface area contributed by atoms with Crippen molar-refractivity contribution >= 4 is 11.8 Å². The van der Waals surface area contributed by atoms with Gasteiger partial charge in [-0.25, -0.2) is 0 Å². The van der Waals surface area contributed by atoms with Crippen molar-refractivity contribution in [1.29, 1.82) is 0 Å². The van der Waals surface area contributed by atoms with Crippen LogP contribution < -0.4 is 0 Å². The molecule has 1 aliphatic carbocycles. The van der Waals surface area contributed by atoms with Crippen molar-refractivity contribution in [2.75, 3.05) is 6.54 Å². The average Bonchev–Trinajstić information content (AvgIpc) is 3.52. The molecule has 0 N–H and O–H groups in total. The first-order valence-electron chi connectivity index (χ1n) is 12.3. The highest BCUT2D eigenvalue weighted by atomic mass is 16.3. The Hall–Kier alpha value is -2.56. The molecule has 0 unspecified atom stereocenters. The van der Waals surface area contributed by atoms with Gasteiger partial charge in [0.15, 0.2) is 0 Å². The zero-order chi connectivity index (χ0) is 22.6. The van der Waals surface area contributed by atoms with E-state index in [0.29, 0.717) is 19.5 Å². The van der Waals surface area contributed by atoms with Crippen LogP contribution in [-0.2, 0) is 22.7 Å². The molecule has 0 aliphatic heterocycles. The van der Waals surface area contributed by atoms with E-state index in [2.05, 4.69) is 6.92 Å². The van der Waals surface area contributed by atoms with Crippen LogP contribution in [0.4, 0.5) is 0 Å². The molecule has 1 aromatic heterocycles. The summed E-state index contributed by atoms with van der Waals surface area (Å²) in [5.74, 6) is 0.860. The fourth-order valence-corrected chi connectivity index (χ4v) is 4.06. The van der Waals surface area contributed by atoms with E-state index in [1.165, 1.54) is 32.1 Å². The first-order chi connectivity index (χ1) is 15.7. The Labute approximate surface area is 192 Å². The topological polar surface area (TPSA) is 53.8 Å². The van der Waals surface area contributed by atoms with Gasteiger partial charge < -0.3 is 14.2 Å². The van der Waals surface area contributed by atoms with Crippen molar-refractivity contribution in [1.82, 2.24) is 9.80 Å². The number of hydrogen-bond donors (Lipinski definition) is 0. The van der Waals surface area contributed by atoms with Crippen LogP contribution >= 0.6 is 0 Å². The van der Waals surface area contributed by atoms with E-state index in [9.17, 15) is 9.59 Å². The van der Waals surface area contributed by atoms with Crippen LogP contribution in [0, 0.1) is 0 Å². The van der Waals surface area contributed by atoms with E-state index in [1.807, 2.05) is 47.4 Å². The number of unbranched alkanes of at least 4 members (excludes halogenated alkanes) is 6. The maximum absolute atomic E-state index is 13.3. The van der Waals surface area contributed by atoms with Gasteiger partial charge in [-0.2, -0.15) is 0 Å². The Morgan fingerprint density at radius 3 is 2.25 bits per heavy atom. The van der Waals surface area contributed by atoms with Crippen molar-refractivity contribution in [2.45, 2.75) is 90.3 Å². The lowest BCUT2D eigenvalue weighted by Gasteiger charge is -2.27. The maximum Gasteiger partial charge on any atom is 0.242 e. The van der Waals surface area contributed by atoms with E-state index in [0.717, 1.165) is 37.0 Å². The summed E-state index contributed by atoms with van der Waals surface area (Å²) in [7, 11) is 0. The molecule has 0 atom stereocenters. The first-order valence-corrected chi connectivity index (χ1v) is 12.3. The second-order valence-corrected chi connectivity index (χ2v) is 8.94. The van der Waals surface area contributed by atoms with Crippen molar-refractivity contribution in [3.63, 3.8) is 0 Å². The Balaban J connectivity index is 1.54. The zero-order valence-corrected chi connectivity index (χ0v) is 19.5. The van der Waals surface area contributed by atoms with Crippen LogP contribution in [0.3, 0.4) is 0 Å². The summed E-state index contributed by atoms with van der Waals surface area (Å²) >= 11 is 0. The average molecular weight is 439 g/mol. The van der Waals surface area contributed by atoms with Gasteiger partial charge in [0.25, 0.3) is 0 Å². The van der Waals surface area contributed by atoms with Gasteiger partial charge in [0.05, 0.1) is 12.8 Å². The molecular formula is C27H38N2O3. The molecule has 1 aromatic carbocycles. The maximum atomic E-state index is 13.3. The van der Waals surface area contributed by atoms with Crippen molar-refractivity contribution in [3.05, 3.63) is 60.1 Å². The predicted octanol–water partition coefficient (Wildman–Crippen LogP) is 5.94. The Morgan fingerprint density at radius 2 is 1.59 bits per heavy atom. The number of rotatable bonds is 15. The molecule has 0 spiro atoms. The summed E-state index contributed by atoms with van der Waals surface area (Å²) in [5.41, 5.74) is 1.07. The number of hydrogen-bond acceptors (Lipinski definition) is 3. The van der Waals surface area contributed by atoms with Crippen LogP contribution in [0.15, 0.2) is 53.1 Å². The quantitative estimate of drug-likeness (QED) is 0.323. The molecule has 1 heterocycles. The monoisotopic (exact) mass is 438 g/mol. The lowest BCUT2D eigenvalue weighted by molar-refractivity contribution is -0.142. The predicted molar refractivity (Wildman–Crippen MR) is 127 cm³/mol. The highest BCUT2D eigenvalue weighted by molar-refractivity contribution is 5.85. The summed E-state index contributed by atoms with van der Waals surface area (Å²) in [6, 6.07) is 13.9. The van der Waals surface area contributed by atoms with Crippen molar-refractivity contribution in [2.24, 2.45) is 0 Å². The molecule has 0 saturated heterocycles. The van der Waals surface area contributed by atoms with Gasteiger partial charge in [-0.1, -0.05) is 75.8 Å². The number of amides is 2. The second-order valence-electron chi connectivity index (χ2n) is 8.94. The van der Waals surface area contributed by atoms with Gasteiger partial charge >= 0.3 is 0 Å². The lowest BCUT2D eigenvalue weighted by Crippen LogP contribution is -2.43. The van der Waals surface area contributed by atoms with Crippen LogP contribution in [-0.4, -0.2) is 34.2 Å². The van der Waals surface area contributed by atoms with E-state index >= 15 is 0 Å². The summed E-state index contributed by atoms with van der Waals surface area (Å²) in [6.07, 6.45) is 12.5. The summed E-state index contributed by atoms with van der Waals surface area (Å²) < 4.78 is 5.49. The third-order valence-corrected chi connectivity index (χ3v) is 6.10. The SMILES string of the molecule is CCCCCCCCCC(=O)N(CC(=O)N(Cc1ccccc1)Cc1ccco1)C1CC1. The zero-order valence-electron chi connectivity index (χ0n) is 19.5. The van der Waals surface area contributed by atoms with E-state index in [1.54, 1.807) is 11.2 Å². The molecule has 2 aromatic rings. The van der Waals surface area contributed by atoms with Crippen molar-refractivity contribution < 1.29 is 14.0 Å². The lowest BCUT2D eigenvalue weighted by atomic mass is 10.1. The Morgan fingerprint density at radius 1 is 0.875 bits per heavy atom. The van der Waals surface area contributed by atoms with E-state index in [4.69, 9.17) is 4.42 Å². The summed E-state index contributed by atoms with van der Waals surface area (Å²) in [6.45, 7) is 3.30. The number of benzene rings is 1. The third kappa shape index (κ3) is 8.18. The molecular weight excluding hydrogens is 400 g/mol. The minimum Gasteiger partial charge on any atom is -0.467 e. The number of nitrogens with zero attached hydrogens (tertiary/aromatic N) is 2. The number of furan rings is 1. The molecule has 0 bridgehead atoms. The van der Waals surface area contributed by atoms with Gasteiger partial charge in [0.1, 0.15) is 12.3 Å². The highest BCUT2D eigenvalue weighted by Crippen LogP contribution is 2.28. The second kappa shape index (κ2) is 13.1. The molecule has 5 heteroatoms. The Kier molecular flexibility index (Phi) is 9.86. The molecule has 5 nitrogen and oxygen atoms in total. The fraction of sp³-hybridized carbons (Fsp3) is 0.556. The molecule has 1 fully saturated rings. The largest absolute Gasteiger partial charge is 0.467 e. The van der Waals surface area contributed by atoms with E-state index < -0.39 is 0 Å². The van der Waals surface area contributed by atoms with Gasteiger partial charge in [-0.15, -0.1) is 0 Å². The van der Waals surface area contributed by atoms with Gasteiger partial charge in [0.2, 0.25) is 11.8 Å². The summed E-state index contributed by atoms with van der Waals surface area (Å²) in [4.78, 5) is 29.8. The van der Waals surface area contributed by atoms with Gasteiger partial charge in [0, 0.05) is 19.0 Å². The molecule has 0 radical (unpaired) electrons. The van der Waals surface area contributed by atoms with Crippen LogP contribution in [0.5, 0.6) is 0 Å². The smallest absolute Gasteiger partial charge is 0.242 e. The minimum absolute atomic E-state index is 0.0231. The molecule has 32 heavy (non-hydrogen) atoms. The Bertz CT molecular complexity index is 800. The molecule has 2 amide bonds. The number of carbonyl (C=O) groups excluding carboxylic acids is 2. The number of carbonyl (C=O) groups is 2.